The molecule has 0 bridgehead atoms. The summed E-state index contributed by atoms with van der Waals surface area (Å²) in [5.74, 6) is -0.120. The van der Waals surface area contributed by atoms with Gasteiger partial charge in [0.15, 0.2) is 6.23 Å². The second-order valence-electron chi connectivity index (χ2n) is 4.22. The molecule has 19 heavy (non-hydrogen) atoms. The Kier molecular flexibility index (Phi) is 4.01. The Bertz CT molecular complexity index is 552. The largest absolute Gasteiger partial charge is 0.367 e. The first-order valence-corrected chi connectivity index (χ1v) is 6.54. The van der Waals surface area contributed by atoms with E-state index in [9.17, 15) is 9.90 Å². The van der Waals surface area contributed by atoms with Crippen LogP contribution in [0.3, 0.4) is 0 Å². The zero-order chi connectivity index (χ0) is 14.0. The molecule has 0 spiro atoms. The fourth-order valence-electron chi connectivity index (χ4n) is 1.74. The Morgan fingerprint density at radius 2 is 2.05 bits per heavy atom. The number of benzene rings is 1. The van der Waals surface area contributed by atoms with Crippen LogP contribution < -0.4 is 10.3 Å². The lowest BCUT2D eigenvalue weighted by atomic mass is 10.2. The Balaban J connectivity index is 2.23. The highest BCUT2D eigenvalue weighted by atomic mass is 79.9. The molecule has 1 aliphatic rings. The Morgan fingerprint density at radius 1 is 1.42 bits per heavy atom. The van der Waals surface area contributed by atoms with E-state index >= 15 is 0 Å². The minimum absolute atomic E-state index is 0.120. The second kappa shape index (κ2) is 5.54. The van der Waals surface area contributed by atoms with Crippen molar-refractivity contribution in [1.29, 1.82) is 0 Å². The van der Waals surface area contributed by atoms with Crippen molar-refractivity contribution in [3.05, 3.63) is 34.8 Å². The van der Waals surface area contributed by atoms with Gasteiger partial charge in [0.05, 0.1) is 11.4 Å². The molecule has 0 aromatic heterocycles. The van der Waals surface area contributed by atoms with Gasteiger partial charge in [-0.25, -0.2) is 5.01 Å². The number of aliphatic hydroxyl groups is 1. The van der Waals surface area contributed by atoms with E-state index in [0.29, 0.717) is 10.2 Å². The first-order chi connectivity index (χ1) is 8.97. The SMILES string of the molecule is CC(=O)Nc1ccc(N2N=C(C)C=C(Br)C2O)cc1. The smallest absolute Gasteiger partial charge is 0.221 e. The van der Waals surface area contributed by atoms with E-state index in [0.717, 1.165) is 11.4 Å². The molecule has 1 aromatic rings. The number of hydrazone groups is 1. The summed E-state index contributed by atoms with van der Waals surface area (Å²) in [6, 6.07) is 7.11. The van der Waals surface area contributed by atoms with Crippen molar-refractivity contribution in [2.45, 2.75) is 20.1 Å². The number of amides is 1. The van der Waals surface area contributed by atoms with Gasteiger partial charge in [-0.05, 0) is 37.3 Å². The number of nitrogens with zero attached hydrogens (tertiary/aromatic N) is 2. The van der Waals surface area contributed by atoms with Crippen LogP contribution in [0.2, 0.25) is 0 Å². The third-order valence-electron chi connectivity index (χ3n) is 2.54. The molecule has 2 rings (SSSR count). The maximum absolute atomic E-state index is 10.9. The molecule has 1 heterocycles. The predicted octanol–water partition coefficient (Wildman–Crippen LogP) is 2.44. The van der Waals surface area contributed by atoms with E-state index in [1.165, 1.54) is 11.9 Å². The molecular formula is C13H14BrN3O2. The Labute approximate surface area is 119 Å². The standard InChI is InChI=1S/C13H14BrN3O2/c1-8-7-12(14)13(19)17(16-8)11-5-3-10(4-6-11)15-9(2)18/h3-7,13,19H,1-2H3,(H,15,18). The van der Waals surface area contributed by atoms with Crippen molar-refractivity contribution < 1.29 is 9.90 Å². The number of rotatable bonds is 2. The topological polar surface area (TPSA) is 64.9 Å². The Morgan fingerprint density at radius 3 is 2.63 bits per heavy atom. The van der Waals surface area contributed by atoms with Crippen LogP contribution in [0.15, 0.2) is 39.9 Å². The maximum Gasteiger partial charge on any atom is 0.221 e. The third-order valence-corrected chi connectivity index (χ3v) is 3.18. The number of aliphatic hydroxyl groups excluding tert-OH is 1. The van der Waals surface area contributed by atoms with E-state index in [1.54, 1.807) is 30.3 Å². The van der Waals surface area contributed by atoms with Gasteiger partial charge in [0.2, 0.25) is 5.91 Å². The summed E-state index contributed by atoms with van der Waals surface area (Å²) >= 11 is 3.31. The molecule has 2 N–H and O–H groups in total. The number of carbonyl (C=O) groups is 1. The molecule has 0 saturated carbocycles. The summed E-state index contributed by atoms with van der Waals surface area (Å²) in [4.78, 5) is 10.9. The number of nitrogens with one attached hydrogen (secondary N) is 1. The molecule has 1 amide bonds. The molecule has 1 atom stereocenters. The fourth-order valence-corrected chi connectivity index (χ4v) is 2.27. The normalized spacial score (nSPS) is 18.7. The molecule has 0 fully saturated rings. The first-order valence-electron chi connectivity index (χ1n) is 5.74. The highest BCUT2D eigenvalue weighted by Gasteiger charge is 2.22. The average molecular weight is 324 g/mol. The van der Waals surface area contributed by atoms with E-state index < -0.39 is 6.23 Å². The van der Waals surface area contributed by atoms with Crippen molar-refractivity contribution in [1.82, 2.24) is 0 Å². The van der Waals surface area contributed by atoms with Crippen LogP contribution in [0.25, 0.3) is 0 Å². The van der Waals surface area contributed by atoms with Gasteiger partial charge in [-0.3, -0.25) is 4.79 Å². The molecule has 5 nitrogen and oxygen atoms in total. The predicted molar refractivity (Wildman–Crippen MR) is 79.4 cm³/mol. The molecule has 0 radical (unpaired) electrons. The fraction of sp³-hybridized carbons (Fsp3) is 0.231. The van der Waals surface area contributed by atoms with Crippen molar-refractivity contribution in [3.63, 3.8) is 0 Å². The lowest BCUT2D eigenvalue weighted by molar-refractivity contribution is -0.114. The van der Waals surface area contributed by atoms with Gasteiger partial charge in [-0.1, -0.05) is 15.9 Å². The summed E-state index contributed by atoms with van der Waals surface area (Å²) < 4.78 is 0.658. The van der Waals surface area contributed by atoms with Gasteiger partial charge in [0, 0.05) is 17.1 Å². The molecule has 1 unspecified atom stereocenters. The number of anilines is 2. The summed E-state index contributed by atoms with van der Waals surface area (Å²) in [6.07, 6.45) is 0.933. The van der Waals surface area contributed by atoms with E-state index in [1.807, 2.05) is 6.92 Å². The molecular weight excluding hydrogens is 310 g/mol. The Hall–Kier alpha value is -1.66. The van der Waals surface area contributed by atoms with E-state index in [2.05, 4.69) is 26.3 Å². The quantitative estimate of drug-likeness (QED) is 0.878. The molecule has 1 aliphatic heterocycles. The lowest BCUT2D eigenvalue weighted by Gasteiger charge is -2.28. The highest BCUT2D eigenvalue weighted by Crippen LogP contribution is 2.27. The number of allylic oxidation sites excluding steroid dienone is 1. The van der Waals surface area contributed by atoms with Crippen molar-refractivity contribution in [2.24, 2.45) is 5.10 Å². The minimum atomic E-state index is -0.838. The number of carbonyl (C=O) groups excluding carboxylic acids is 1. The number of hydrogen-bond acceptors (Lipinski definition) is 4. The lowest BCUT2D eigenvalue weighted by Crippen LogP contribution is -2.34. The van der Waals surface area contributed by atoms with Gasteiger partial charge in [-0.2, -0.15) is 5.10 Å². The van der Waals surface area contributed by atoms with E-state index in [4.69, 9.17) is 0 Å². The van der Waals surface area contributed by atoms with Crippen molar-refractivity contribution in [2.75, 3.05) is 10.3 Å². The molecule has 6 heteroatoms. The van der Waals surface area contributed by atoms with Gasteiger partial charge in [-0.15, -0.1) is 0 Å². The van der Waals surface area contributed by atoms with Crippen molar-refractivity contribution in [3.8, 4) is 0 Å². The maximum atomic E-state index is 10.9. The van der Waals surface area contributed by atoms with Crippen LogP contribution in [-0.4, -0.2) is 23.0 Å². The van der Waals surface area contributed by atoms with Crippen LogP contribution in [0, 0.1) is 0 Å². The highest BCUT2D eigenvalue weighted by molar-refractivity contribution is 9.11. The van der Waals surface area contributed by atoms with Crippen molar-refractivity contribution >= 4 is 38.9 Å². The van der Waals surface area contributed by atoms with Crippen LogP contribution in [0.1, 0.15) is 13.8 Å². The number of halogens is 1. The summed E-state index contributed by atoms with van der Waals surface area (Å²) in [5, 5.41) is 18.5. The molecule has 0 aliphatic carbocycles. The van der Waals surface area contributed by atoms with Gasteiger partial charge < -0.3 is 10.4 Å². The monoisotopic (exact) mass is 323 g/mol. The van der Waals surface area contributed by atoms with Crippen LogP contribution >= 0.6 is 15.9 Å². The van der Waals surface area contributed by atoms with Gasteiger partial charge in [0.1, 0.15) is 0 Å². The number of hydrogen-bond donors (Lipinski definition) is 2. The summed E-state index contributed by atoms with van der Waals surface area (Å²) in [6.45, 7) is 3.31. The minimum Gasteiger partial charge on any atom is -0.367 e. The average Bonchev–Trinajstić information content (AvgIpc) is 2.34. The van der Waals surface area contributed by atoms with Crippen LogP contribution in [-0.2, 0) is 4.79 Å². The van der Waals surface area contributed by atoms with Crippen LogP contribution in [0.4, 0.5) is 11.4 Å². The van der Waals surface area contributed by atoms with E-state index in [-0.39, 0.29) is 5.91 Å². The van der Waals surface area contributed by atoms with Gasteiger partial charge >= 0.3 is 0 Å². The zero-order valence-electron chi connectivity index (χ0n) is 10.6. The second-order valence-corrected chi connectivity index (χ2v) is 5.13. The molecule has 1 aromatic carbocycles. The van der Waals surface area contributed by atoms with Gasteiger partial charge in [0.25, 0.3) is 0 Å². The summed E-state index contributed by atoms with van der Waals surface area (Å²) in [7, 11) is 0. The third kappa shape index (κ3) is 3.21. The first kappa shape index (κ1) is 13.8. The zero-order valence-corrected chi connectivity index (χ0v) is 12.2. The molecule has 0 saturated heterocycles. The summed E-state index contributed by atoms with van der Waals surface area (Å²) in [5.41, 5.74) is 2.24. The molecule has 100 valence electrons. The van der Waals surface area contributed by atoms with Crippen LogP contribution in [0.5, 0.6) is 0 Å².